The van der Waals surface area contributed by atoms with Gasteiger partial charge in [0.2, 0.25) is 0 Å². The molecule has 1 rings (SSSR count). The molecule has 1 aromatic rings. The fourth-order valence-electron chi connectivity index (χ4n) is 0.971. The van der Waals surface area contributed by atoms with E-state index in [0.717, 1.165) is 5.56 Å². The number of rotatable bonds is 4. The number of carbonyl (C=O) groups is 1. The zero-order chi connectivity index (χ0) is 12.0. The fraction of sp³-hybridized carbons (Fsp3) is 0.222. The summed E-state index contributed by atoms with van der Waals surface area (Å²) in [5, 5.41) is 0. The first-order chi connectivity index (χ1) is 7.61. The van der Waals surface area contributed by atoms with Crippen LogP contribution in [0.4, 0.5) is 4.79 Å². The van der Waals surface area contributed by atoms with E-state index in [2.05, 4.69) is 4.74 Å². The van der Waals surface area contributed by atoms with Crippen LogP contribution in [0.25, 0.3) is 0 Å². The van der Waals surface area contributed by atoms with E-state index >= 15 is 0 Å². The number of ether oxygens (including phenoxy) is 2. The summed E-state index contributed by atoms with van der Waals surface area (Å²) in [6, 6.07) is 6.89. The Hall–Kier alpha value is -1.60. The van der Waals surface area contributed by atoms with Crippen LogP contribution in [0.3, 0.4) is 0 Å². The molecule has 0 aliphatic heterocycles. The maximum atomic E-state index is 10.8. The molecule has 1 atom stereocenters. The molecule has 1 amide bonds. The number of methoxy groups -OCH3 is 1. The normalized spacial score (nSPS) is 11.6. The van der Waals surface area contributed by atoms with Gasteiger partial charge in [0, 0.05) is 0 Å². The molecule has 0 saturated heterocycles. The van der Waals surface area contributed by atoms with E-state index in [0.29, 0.717) is 5.75 Å². The Morgan fingerprint density at radius 2 is 2.06 bits per heavy atom. The Kier molecular flexibility index (Phi) is 4.74. The summed E-state index contributed by atoms with van der Waals surface area (Å²) < 4.78 is 29.8. The summed E-state index contributed by atoms with van der Waals surface area (Å²) in [6.07, 6.45) is -0.948. The van der Waals surface area contributed by atoms with Gasteiger partial charge in [-0.15, -0.1) is 0 Å². The predicted octanol–water partition coefficient (Wildman–Crippen LogP) is 1.06. The third-order valence-electron chi connectivity index (χ3n) is 1.70. The number of hydrogen-bond acceptors (Lipinski definition) is 4. The second-order valence-corrected chi connectivity index (χ2v) is 3.48. The Morgan fingerprint density at radius 3 is 2.56 bits per heavy atom. The molecule has 7 heteroatoms. The first-order valence-electron chi connectivity index (χ1n) is 4.29. The topological polar surface area (TPSA) is 84.9 Å². The van der Waals surface area contributed by atoms with E-state index in [-0.39, 0.29) is 6.61 Å². The van der Waals surface area contributed by atoms with Gasteiger partial charge in [-0.05, 0) is 17.7 Å². The van der Waals surface area contributed by atoms with E-state index in [1.165, 1.54) is 0 Å². The van der Waals surface area contributed by atoms with E-state index in [4.69, 9.17) is 9.29 Å². The summed E-state index contributed by atoms with van der Waals surface area (Å²) in [7, 11) is 1.55. The van der Waals surface area contributed by atoms with Gasteiger partial charge >= 0.3 is 6.09 Å². The zero-order valence-corrected chi connectivity index (χ0v) is 9.32. The molecule has 0 aromatic heterocycles. The van der Waals surface area contributed by atoms with Crippen LogP contribution in [0, 0.1) is 0 Å². The summed E-state index contributed by atoms with van der Waals surface area (Å²) in [5.41, 5.74) is 0.750. The van der Waals surface area contributed by atoms with Gasteiger partial charge in [-0.1, -0.05) is 12.1 Å². The molecule has 1 aromatic carbocycles. The molecule has 0 fully saturated rings. The standard InChI is InChI=1S/C9H11NO5S/c1-14-8-4-2-7(3-5-8)6-15-9(11)10-16(12)13/h2-5H,6H2,1H3,(H,10,11)(H,12,13). The maximum absolute atomic E-state index is 10.8. The second-order valence-electron chi connectivity index (χ2n) is 2.78. The van der Waals surface area contributed by atoms with E-state index in [1.807, 2.05) is 0 Å². The molecule has 0 spiro atoms. The van der Waals surface area contributed by atoms with Crippen molar-refractivity contribution in [2.24, 2.45) is 0 Å². The SMILES string of the molecule is COc1ccc(COC(=O)NS(=O)O)cc1. The van der Waals surface area contributed by atoms with Crippen molar-refractivity contribution in [1.82, 2.24) is 4.72 Å². The molecule has 88 valence electrons. The molecule has 16 heavy (non-hydrogen) atoms. The van der Waals surface area contributed by atoms with Crippen molar-refractivity contribution in [2.75, 3.05) is 7.11 Å². The van der Waals surface area contributed by atoms with Crippen molar-refractivity contribution < 1.29 is 23.0 Å². The van der Waals surface area contributed by atoms with Crippen LogP contribution in [-0.4, -0.2) is 22.0 Å². The first kappa shape index (κ1) is 12.5. The van der Waals surface area contributed by atoms with Gasteiger partial charge in [-0.25, -0.2) is 13.7 Å². The van der Waals surface area contributed by atoms with Gasteiger partial charge in [-0.2, -0.15) is 0 Å². The van der Waals surface area contributed by atoms with Crippen molar-refractivity contribution in [3.63, 3.8) is 0 Å². The minimum Gasteiger partial charge on any atom is -0.497 e. The van der Waals surface area contributed by atoms with Crippen molar-refractivity contribution in [1.29, 1.82) is 0 Å². The second kappa shape index (κ2) is 6.09. The van der Waals surface area contributed by atoms with Crippen LogP contribution >= 0.6 is 0 Å². The lowest BCUT2D eigenvalue weighted by Crippen LogP contribution is -2.25. The molecule has 0 bridgehead atoms. The molecule has 0 aliphatic rings. The van der Waals surface area contributed by atoms with Crippen molar-refractivity contribution >= 4 is 17.4 Å². The van der Waals surface area contributed by atoms with E-state index in [9.17, 15) is 9.00 Å². The highest BCUT2D eigenvalue weighted by Gasteiger charge is 2.04. The lowest BCUT2D eigenvalue weighted by Gasteiger charge is -2.05. The first-order valence-corrected chi connectivity index (χ1v) is 5.39. The van der Waals surface area contributed by atoms with E-state index in [1.54, 1.807) is 36.1 Å². The van der Waals surface area contributed by atoms with Crippen LogP contribution in [0.15, 0.2) is 24.3 Å². The average Bonchev–Trinajstić information content (AvgIpc) is 2.26. The zero-order valence-electron chi connectivity index (χ0n) is 8.50. The lowest BCUT2D eigenvalue weighted by molar-refractivity contribution is 0.146. The minimum atomic E-state index is -2.40. The van der Waals surface area contributed by atoms with Crippen LogP contribution in [0.1, 0.15) is 5.56 Å². The lowest BCUT2D eigenvalue weighted by atomic mass is 10.2. The monoisotopic (exact) mass is 245 g/mol. The van der Waals surface area contributed by atoms with Gasteiger partial charge in [0.25, 0.3) is 11.3 Å². The Labute approximate surface area is 95.0 Å². The third kappa shape index (κ3) is 4.28. The Bertz CT molecular complexity index is 378. The molecule has 0 radical (unpaired) electrons. The highest BCUT2D eigenvalue weighted by atomic mass is 32.2. The van der Waals surface area contributed by atoms with Gasteiger partial charge in [0.05, 0.1) is 7.11 Å². The number of amides is 1. The molecule has 1 unspecified atom stereocenters. The molecular formula is C9H11NO5S. The summed E-state index contributed by atoms with van der Waals surface area (Å²) in [5.74, 6) is 0.699. The summed E-state index contributed by atoms with van der Waals surface area (Å²) in [4.78, 5) is 10.8. The molecule has 6 nitrogen and oxygen atoms in total. The highest BCUT2D eigenvalue weighted by molar-refractivity contribution is 7.77. The van der Waals surface area contributed by atoms with E-state index < -0.39 is 17.4 Å². The van der Waals surface area contributed by atoms with Gasteiger partial charge in [-0.3, -0.25) is 4.55 Å². The van der Waals surface area contributed by atoms with Crippen LogP contribution in [0.5, 0.6) is 5.75 Å². The molecule has 0 heterocycles. The number of carbonyl (C=O) groups excluding carboxylic acids is 1. The van der Waals surface area contributed by atoms with Gasteiger partial charge < -0.3 is 9.47 Å². The minimum absolute atomic E-state index is 0.0209. The molecule has 0 saturated carbocycles. The Morgan fingerprint density at radius 1 is 1.44 bits per heavy atom. The quantitative estimate of drug-likeness (QED) is 0.775. The highest BCUT2D eigenvalue weighted by Crippen LogP contribution is 2.11. The molecule has 2 N–H and O–H groups in total. The van der Waals surface area contributed by atoms with Crippen LogP contribution in [-0.2, 0) is 22.6 Å². The largest absolute Gasteiger partial charge is 0.497 e. The third-order valence-corrected chi connectivity index (χ3v) is 2.04. The number of hydrogen-bond donors (Lipinski definition) is 2. The predicted molar refractivity (Wildman–Crippen MR) is 57.1 cm³/mol. The maximum Gasteiger partial charge on any atom is 0.421 e. The van der Waals surface area contributed by atoms with Crippen molar-refractivity contribution in [2.45, 2.75) is 6.61 Å². The summed E-state index contributed by atoms with van der Waals surface area (Å²) >= 11 is -2.40. The van der Waals surface area contributed by atoms with Crippen molar-refractivity contribution in [3.05, 3.63) is 29.8 Å². The van der Waals surface area contributed by atoms with Gasteiger partial charge in [0.15, 0.2) is 0 Å². The number of nitrogens with one attached hydrogen (secondary N) is 1. The van der Waals surface area contributed by atoms with Gasteiger partial charge in [0.1, 0.15) is 12.4 Å². The molecular weight excluding hydrogens is 234 g/mol. The number of benzene rings is 1. The summed E-state index contributed by atoms with van der Waals surface area (Å²) in [6.45, 7) is 0.0209. The Balaban J connectivity index is 2.42. The van der Waals surface area contributed by atoms with Crippen LogP contribution in [0.2, 0.25) is 0 Å². The van der Waals surface area contributed by atoms with Crippen LogP contribution < -0.4 is 9.46 Å². The smallest absolute Gasteiger partial charge is 0.421 e. The van der Waals surface area contributed by atoms with Crippen molar-refractivity contribution in [3.8, 4) is 5.75 Å². The fourth-order valence-corrected chi connectivity index (χ4v) is 1.17. The average molecular weight is 245 g/mol. The molecule has 0 aliphatic carbocycles.